The minimum Gasteiger partial charge on any atom is -0.194 e. The summed E-state index contributed by atoms with van der Waals surface area (Å²) in [5, 5.41) is 0. The SMILES string of the molecule is CCc1ccccc1-c1cc2c(cc1-c1ccccc1)-c1cccc[n+]1C2. The molecule has 2 heterocycles. The molecule has 0 saturated carbocycles. The zero-order chi connectivity index (χ0) is 18.2. The van der Waals surface area contributed by atoms with Gasteiger partial charge in [0, 0.05) is 17.7 Å². The van der Waals surface area contributed by atoms with Gasteiger partial charge in [0.05, 0.1) is 5.56 Å². The first kappa shape index (κ1) is 16.0. The number of fused-ring (bicyclic) bond motifs is 3. The Hall–Kier alpha value is -3.19. The summed E-state index contributed by atoms with van der Waals surface area (Å²) in [4.78, 5) is 0. The molecule has 3 aromatic carbocycles. The highest BCUT2D eigenvalue weighted by Crippen LogP contribution is 2.40. The first-order valence-corrected chi connectivity index (χ1v) is 9.64. The van der Waals surface area contributed by atoms with Crippen LogP contribution in [0.2, 0.25) is 0 Å². The normalized spacial score (nSPS) is 11.9. The molecule has 0 saturated heterocycles. The molecular formula is C26H22N+. The lowest BCUT2D eigenvalue weighted by Gasteiger charge is -2.15. The van der Waals surface area contributed by atoms with E-state index in [2.05, 4.69) is 103 Å². The minimum atomic E-state index is 0.946. The van der Waals surface area contributed by atoms with Gasteiger partial charge in [-0.25, -0.2) is 0 Å². The lowest BCUT2D eigenvalue weighted by molar-refractivity contribution is -0.672. The smallest absolute Gasteiger partial charge is 0.194 e. The summed E-state index contributed by atoms with van der Waals surface area (Å²) >= 11 is 0. The average Bonchev–Trinajstić information content (AvgIpc) is 3.11. The number of hydrogen-bond donors (Lipinski definition) is 0. The van der Waals surface area contributed by atoms with Crippen LogP contribution in [0.15, 0.2) is 91.1 Å². The summed E-state index contributed by atoms with van der Waals surface area (Å²) in [6, 6.07) is 30.9. The molecule has 130 valence electrons. The third-order valence-corrected chi connectivity index (χ3v) is 5.57. The minimum absolute atomic E-state index is 0.946. The number of pyridine rings is 1. The summed E-state index contributed by atoms with van der Waals surface area (Å²) in [6.45, 7) is 3.18. The maximum absolute atomic E-state index is 2.42. The predicted octanol–water partition coefficient (Wildman–Crippen LogP) is 5.90. The number of aryl methyl sites for hydroxylation is 1. The molecule has 1 heteroatoms. The summed E-state index contributed by atoms with van der Waals surface area (Å²) in [5.41, 5.74) is 10.7. The monoisotopic (exact) mass is 348 g/mol. The van der Waals surface area contributed by atoms with Crippen LogP contribution in [-0.2, 0) is 13.0 Å². The van der Waals surface area contributed by atoms with E-state index in [0.29, 0.717) is 0 Å². The van der Waals surface area contributed by atoms with E-state index in [9.17, 15) is 0 Å². The number of rotatable bonds is 3. The average molecular weight is 348 g/mol. The number of hydrogen-bond acceptors (Lipinski definition) is 0. The van der Waals surface area contributed by atoms with Crippen LogP contribution < -0.4 is 4.57 Å². The predicted molar refractivity (Wildman–Crippen MR) is 111 cm³/mol. The largest absolute Gasteiger partial charge is 0.213 e. The fourth-order valence-electron chi connectivity index (χ4n) is 4.23. The van der Waals surface area contributed by atoms with Gasteiger partial charge in [0.25, 0.3) is 0 Å². The van der Waals surface area contributed by atoms with E-state index in [0.717, 1.165) is 13.0 Å². The molecule has 1 aliphatic heterocycles. The van der Waals surface area contributed by atoms with Gasteiger partial charge in [0.15, 0.2) is 12.7 Å². The fraction of sp³-hybridized carbons (Fsp3) is 0.115. The van der Waals surface area contributed by atoms with E-state index in [-0.39, 0.29) is 0 Å². The van der Waals surface area contributed by atoms with Gasteiger partial charge < -0.3 is 0 Å². The van der Waals surface area contributed by atoms with Crippen molar-refractivity contribution in [1.29, 1.82) is 0 Å². The summed E-state index contributed by atoms with van der Waals surface area (Å²) < 4.78 is 2.34. The Morgan fingerprint density at radius 2 is 1.48 bits per heavy atom. The third-order valence-electron chi connectivity index (χ3n) is 5.57. The molecule has 0 amide bonds. The Morgan fingerprint density at radius 3 is 2.33 bits per heavy atom. The molecule has 0 bridgehead atoms. The Morgan fingerprint density at radius 1 is 0.704 bits per heavy atom. The molecule has 1 aromatic heterocycles. The van der Waals surface area contributed by atoms with Crippen molar-refractivity contribution in [3.8, 4) is 33.5 Å². The lowest BCUT2D eigenvalue weighted by Crippen LogP contribution is -2.31. The van der Waals surface area contributed by atoms with E-state index < -0.39 is 0 Å². The van der Waals surface area contributed by atoms with Gasteiger partial charge >= 0.3 is 0 Å². The number of nitrogens with zero attached hydrogens (tertiary/aromatic N) is 1. The Balaban J connectivity index is 1.80. The van der Waals surface area contributed by atoms with Gasteiger partial charge in [-0.15, -0.1) is 0 Å². The summed E-state index contributed by atoms with van der Waals surface area (Å²) in [5.74, 6) is 0. The summed E-state index contributed by atoms with van der Waals surface area (Å²) in [6.07, 6.45) is 3.22. The van der Waals surface area contributed by atoms with Crippen LogP contribution in [-0.4, -0.2) is 0 Å². The highest BCUT2D eigenvalue weighted by atomic mass is 15.0. The van der Waals surface area contributed by atoms with Gasteiger partial charge in [-0.05, 0) is 52.4 Å². The van der Waals surface area contributed by atoms with Crippen LogP contribution in [0, 0.1) is 0 Å². The third kappa shape index (κ3) is 2.67. The summed E-state index contributed by atoms with van der Waals surface area (Å²) in [7, 11) is 0. The Kier molecular flexibility index (Phi) is 3.86. The molecule has 1 nitrogen and oxygen atoms in total. The van der Waals surface area contributed by atoms with Gasteiger partial charge in [-0.3, -0.25) is 0 Å². The molecule has 0 radical (unpaired) electrons. The van der Waals surface area contributed by atoms with E-state index >= 15 is 0 Å². The maximum atomic E-state index is 2.42. The molecule has 0 fully saturated rings. The van der Waals surface area contributed by atoms with Crippen LogP contribution in [0.5, 0.6) is 0 Å². The fourth-order valence-corrected chi connectivity index (χ4v) is 4.23. The molecule has 4 aromatic rings. The van der Waals surface area contributed by atoms with E-state index in [1.807, 2.05) is 0 Å². The Labute approximate surface area is 160 Å². The van der Waals surface area contributed by atoms with Gasteiger partial charge in [0.2, 0.25) is 5.69 Å². The van der Waals surface area contributed by atoms with Crippen LogP contribution in [0.3, 0.4) is 0 Å². The first-order valence-electron chi connectivity index (χ1n) is 9.64. The van der Waals surface area contributed by atoms with Crippen LogP contribution in [0.25, 0.3) is 33.5 Å². The molecule has 5 rings (SSSR count). The highest BCUT2D eigenvalue weighted by Gasteiger charge is 2.27. The van der Waals surface area contributed by atoms with Crippen LogP contribution in [0.4, 0.5) is 0 Å². The van der Waals surface area contributed by atoms with Crippen molar-refractivity contribution >= 4 is 0 Å². The molecule has 0 atom stereocenters. The first-order chi connectivity index (χ1) is 13.3. The quantitative estimate of drug-likeness (QED) is 0.357. The van der Waals surface area contributed by atoms with Crippen molar-refractivity contribution in [2.75, 3.05) is 0 Å². The van der Waals surface area contributed by atoms with Crippen molar-refractivity contribution < 1.29 is 4.57 Å². The zero-order valence-electron chi connectivity index (χ0n) is 15.5. The van der Waals surface area contributed by atoms with Crippen molar-refractivity contribution in [3.05, 3.63) is 102 Å². The van der Waals surface area contributed by atoms with Crippen LogP contribution in [0.1, 0.15) is 18.1 Å². The number of aromatic nitrogens is 1. The second-order valence-electron chi connectivity index (χ2n) is 7.15. The lowest BCUT2D eigenvalue weighted by atomic mass is 9.88. The van der Waals surface area contributed by atoms with E-state index in [1.165, 1.54) is 44.6 Å². The second kappa shape index (κ2) is 6.51. The topological polar surface area (TPSA) is 3.88 Å². The molecule has 0 spiro atoms. The van der Waals surface area contributed by atoms with Crippen molar-refractivity contribution in [1.82, 2.24) is 0 Å². The van der Waals surface area contributed by atoms with Crippen LogP contribution >= 0.6 is 0 Å². The molecule has 0 N–H and O–H groups in total. The van der Waals surface area contributed by atoms with Crippen molar-refractivity contribution in [3.63, 3.8) is 0 Å². The Bertz CT molecular complexity index is 1130. The molecule has 0 aliphatic carbocycles. The molecule has 0 unspecified atom stereocenters. The maximum Gasteiger partial charge on any atom is 0.213 e. The van der Waals surface area contributed by atoms with Gasteiger partial charge in [-0.1, -0.05) is 61.5 Å². The van der Waals surface area contributed by atoms with Gasteiger partial charge in [-0.2, -0.15) is 4.57 Å². The van der Waals surface area contributed by atoms with Crippen molar-refractivity contribution in [2.45, 2.75) is 19.9 Å². The van der Waals surface area contributed by atoms with E-state index in [1.54, 1.807) is 0 Å². The zero-order valence-corrected chi connectivity index (χ0v) is 15.5. The molecular weight excluding hydrogens is 326 g/mol. The standard InChI is InChI=1S/C26H22N/c1-2-19-10-6-7-13-22(19)25-16-21-18-27-15-9-8-14-26(27)24(21)17-23(25)20-11-4-3-5-12-20/h3-17H,2,18H2,1H3/q+1. The highest BCUT2D eigenvalue weighted by molar-refractivity contribution is 5.89. The van der Waals surface area contributed by atoms with Crippen molar-refractivity contribution in [2.24, 2.45) is 0 Å². The molecule has 1 aliphatic rings. The van der Waals surface area contributed by atoms with E-state index in [4.69, 9.17) is 0 Å². The van der Waals surface area contributed by atoms with Gasteiger partial charge in [0.1, 0.15) is 0 Å². The number of benzene rings is 3. The second-order valence-corrected chi connectivity index (χ2v) is 7.15. The molecule has 27 heavy (non-hydrogen) atoms.